The molecule has 0 radical (unpaired) electrons. The van der Waals surface area contributed by atoms with Gasteiger partial charge in [-0.15, -0.1) is 0 Å². The highest BCUT2D eigenvalue weighted by Crippen LogP contribution is 2.40. The van der Waals surface area contributed by atoms with Crippen LogP contribution in [0.3, 0.4) is 0 Å². The predicted octanol–water partition coefficient (Wildman–Crippen LogP) is 3.00. The molecule has 1 aromatic rings. The molecular weight excluding hydrogens is 291 g/mol. The first-order chi connectivity index (χ1) is 9.36. The third-order valence-corrected chi connectivity index (χ3v) is 3.78. The van der Waals surface area contributed by atoms with Crippen LogP contribution >= 0.6 is 12.6 Å². The number of ether oxygens (including phenoxy) is 1. The molecule has 1 heterocycles. The molecule has 0 N–H and O–H groups in total. The molecule has 1 unspecified atom stereocenters. The number of carbonyl (C=O) groups is 1. The van der Waals surface area contributed by atoms with Crippen LogP contribution < -0.4 is 9.64 Å². The Morgan fingerprint density at radius 1 is 1.45 bits per heavy atom. The largest absolute Gasteiger partial charge is 0.497 e. The minimum atomic E-state index is -4.54. The summed E-state index contributed by atoms with van der Waals surface area (Å²) in [5.74, 6) is 0.256. The molecule has 1 amide bonds. The average Bonchev–Trinajstić information content (AvgIpc) is 2.78. The Morgan fingerprint density at radius 3 is 2.65 bits per heavy atom. The molecule has 1 aliphatic rings. The molecule has 1 aliphatic heterocycles. The molecule has 0 saturated carbocycles. The van der Waals surface area contributed by atoms with E-state index in [-0.39, 0.29) is 36.2 Å². The van der Waals surface area contributed by atoms with Gasteiger partial charge in [0.05, 0.1) is 18.4 Å². The van der Waals surface area contributed by atoms with Gasteiger partial charge in [0.1, 0.15) is 5.75 Å². The number of methoxy groups -OCH3 is 1. The van der Waals surface area contributed by atoms with E-state index in [2.05, 4.69) is 12.6 Å². The summed E-state index contributed by atoms with van der Waals surface area (Å²) in [6.45, 7) is 0.262. The molecule has 3 nitrogen and oxygen atoms in total. The first kappa shape index (κ1) is 15.0. The van der Waals surface area contributed by atoms with Crippen LogP contribution in [0.2, 0.25) is 0 Å². The van der Waals surface area contributed by atoms with Crippen molar-refractivity contribution in [3.8, 4) is 5.75 Å². The Hall–Kier alpha value is -1.37. The van der Waals surface area contributed by atoms with E-state index in [4.69, 9.17) is 4.74 Å². The van der Waals surface area contributed by atoms with E-state index in [0.717, 1.165) is 6.07 Å². The normalized spacial score (nSPS) is 19.6. The van der Waals surface area contributed by atoms with E-state index in [1.807, 2.05) is 0 Å². The maximum atomic E-state index is 13.1. The maximum absolute atomic E-state index is 13.1. The van der Waals surface area contributed by atoms with Crippen molar-refractivity contribution in [3.63, 3.8) is 0 Å². The van der Waals surface area contributed by atoms with Gasteiger partial charge < -0.3 is 9.64 Å². The highest BCUT2D eigenvalue weighted by molar-refractivity contribution is 7.80. The van der Waals surface area contributed by atoms with Gasteiger partial charge in [-0.25, -0.2) is 0 Å². The lowest BCUT2D eigenvalue weighted by Gasteiger charge is -2.22. The van der Waals surface area contributed by atoms with Crippen molar-refractivity contribution < 1.29 is 22.7 Å². The maximum Gasteiger partial charge on any atom is 0.418 e. The summed E-state index contributed by atoms with van der Waals surface area (Å²) in [6.07, 6.45) is -4.31. The molecule has 20 heavy (non-hydrogen) atoms. The molecule has 2 rings (SSSR count). The van der Waals surface area contributed by atoms with Gasteiger partial charge in [-0.1, -0.05) is 0 Å². The molecule has 1 fully saturated rings. The van der Waals surface area contributed by atoms with Crippen LogP contribution in [-0.4, -0.2) is 25.3 Å². The number of nitrogens with zero attached hydrogens (tertiary/aromatic N) is 1. The van der Waals surface area contributed by atoms with Gasteiger partial charge in [-0.2, -0.15) is 25.8 Å². The molecule has 0 aliphatic carbocycles. The van der Waals surface area contributed by atoms with Crippen molar-refractivity contribution in [1.29, 1.82) is 0 Å². The lowest BCUT2D eigenvalue weighted by atomic mass is 10.1. The van der Waals surface area contributed by atoms with Gasteiger partial charge in [-0.05, 0) is 29.9 Å². The molecule has 0 spiro atoms. The van der Waals surface area contributed by atoms with Crippen molar-refractivity contribution in [2.45, 2.75) is 12.6 Å². The number of hydrogen-bond donors (Lipinski definition) is 1. The lowest BCUT2D eigenvalue weighted by molar-refractivity contribution is -0.137. The van der Waals surface area contributed by atoms with Crippen molar-refractivity contribution in [3.05, 3.63) is 23.8 Å². The molecule has 110 valence electrons. The van der Waals surface area contributed by atoms with Crippen molar-refractivity contribution in [1.82, 2.24) is 0 Å². The van der Waals surface area contributed by atoms with Gasteiger partial charge >= 0.3 is 6.18 Å². The number of amides is 1. The van der Waals surface area contributed by atoms with E-state index < -0.39 is 11.7 Å². The zero-order valence-electron chi connectivity index (χ0n) is 10.8. The minimum Gasteiger partial charge on any atom is -0.497 e. The molecular formula is C13H14F3NO2S. The zero-order valence-corrected chi connectivity index (χ0v) is 11.7. The average molecular weight is 305 g/mol. The zero-order chi connectivity index (χ0) is 14.9. The summed E-state index contributed by atoms with van der Waals surface area (Å²) >= 11 is 4.10. The van der Waals surface area contributed by atoms with Crippen LogP contribution in [0.1, 0.15) is 12.0 Å². The molecule has 0 bridgehead atoms. The monoisotopic (exact) mass is 305 g/mol. The summed E-state index contributed by atoms with van der Waals surface area (Å²) in [6, 6.07) is 3.61. The number of benzene rings is 1. The third kappa shape index (κ3) is 2.87. The fourth-order valence-corrected chi connectivity index (χ4v) is 2.49. The first-order valence-electron chi connectivity index (χ1n) is 6.03. The van der Waals surface area contributed by atoms with Crippen LogP contribution in [0, 0.1) is 5.92 Å². The van der Waals surface area contributed by atoms with Gasteiger partial charge in [0, 0.05) is 13.0 Å². The summed E-state index contributed by atoms with van der Waals surface area (Å²) in [5, 5.41) is 0. The number of thiol groups is 1. The molecule has 0 aromatic heterocycles. The highest BCUT2D eigenvalue weighted by Gasteiger charge is 2.39. The van der Waals surface area contributed by atoms with Gasteiger partial charge in [0.15, 0.2) is 0 Å². The van der Waals surface area contributed by atoms with Gasteiger partial charge in [0.2, 0.25) is 5.91 Å². The third-order valence-electron chi connectivity index (χ3n) is 3.26. The minimum absolute atomic E-state index is 0.0194. The van der Waals surface area contributed by atoms with Crippen molar-refractivity contribution in [2.75, 3.05) is 24.3 Å². The lowest BCUT2D eigenvalue weighted by Crippen LogP contribution is -2.27. The Balaban J connectivity index is 2.43. The number of anilines is 1. The van der Waals surface area contributed by atoms with Gasteiger partial charge in [0.25, 0.3) is 0 Å². The van der Waals surface area contributed by atoms with E-state index in [1.54, 1.807) is 0 Å². The number of carbonyl (C=O) groups excluding carboxylic acids is 1. The van der Waals surface area contributed by atoms with E-state index in [0.29, 0.717) is 5.75 Å². The van der Waals surface area contributed by atoms with E-state index >= 15 is 0 Å². The summed E-state index contributed by atoms with van der Waals surface area (Å²) < 4.78 is 44.2. The van der Waals surface area contributed by atoms with Crippen LogP contribution in [-0.2, 0) is 11.0 Å². The SMILES string of the molecule is COc1ccc(N2CC(CS)CC2=O)c(C(F)(F)F)c1. The number of alkyl halides is 3. The quantitative estimate of drug-likeness (QED) is 0.870. The number of hydrogen-bond acceptors (Lipinski definition) is 3. The van der Waals surface area contributed by atoms with Crippen molar-refractivity contribution in [2.24, 2.45) is 5.92 Å². The summed E-state index contributed by atoms with van der Waals surface area (Å²) in [5.41, 5.74) is -0.974. The van der Waals surface area contributed by atoms with E-state index in [1.165, 1.54) is 24.1 Å². The van der Waals surface area contributed by atoms with Crippen LogP contribution in [0.4, 0.5) is 18.9 Å². The van der Waals surface area contributed by atoms with Gasteiger partial charge in [-0.3, -0.25) is 4.79 Å². The molecule has 1 atom stereocenters. The van der Waals surface area contributed by atoms with E-state index in [9.17, 15) is 18.0 Å². The summed E-state index contributed by atoms with van der Waals surface area (Å²) in [4.78, 5) is 13.1. The topological polar surface area (TPSA) is 29.5 Å². The Morgan fingerprint density at radius 2 is 2.15 bits per heavy atom. The second kappa shape index (κ2) is 5.55. The fourth-order valence-electron chi connectivity index (χ4n) is 2.24. The highest BCUT2D eigenvalue weighted by atomic mass is 32.1. The standard InChI is InChI=1S/C13H14F3NO2S/c1-19-9-2-3-11(10(5-9)13(14,15)16)17-6-8(7-20)4-12(17)18/h2-3,5,8,20H,4,6-7H2,1H3. The second-order valence-electron chi connectivity index (χ2n) is 4.64. The second-order valence-corrected chi connectivity index (χ2v) is 5.00. The number of rotatable bonds is 3. The summed E-state index contributed by atoms with van der Waals surface area (Å²) in [7, 11) is 1.30. The molecule has 1 saturated heterocycles. The Bertz CT molecular complexity index is 519. The predicted molar refractivity (Wildman–Crippen MR) is 72.3 cm³/mol. The molecule has 1 aromatic carbocycles. The Labute approximate surface area is 120 Å². The smallest absolute Gasteiger partial charge is 0.418 e. The Kier molecular flexibility index (Phi) is 4.17. The van der Waals surface area contributed by atoms with Crippen LogP contribution in [0.5, 0.6) is 5.75 Å². The van der Waals surface area contributed by atoms with Crippen molar-refractivity contribution >= 4 is 24.2 Å². The van der Waals surface area contributed by atoms with Crippen LogP contribution in [0.25, 0.3) is 0 Å². The first-order valence-corrected chi connectivity index (χ1v) is 6.66. The number of halogens is 3. The fraction of sp³-hybridized carbons (Fsp3) is 0.462. The van der Waals surface area contributed by atoms with Crippen LogP contribution in [0.15, 0.2) is 18.2 Å². The molecule has 7 heteroatoms.